The molecule has 1 aromatic heterocycles. The summed E-state index contributed by atoms with van der Waals surface area (Å²) in [5.41, 5.74) is 6.80. The molecule has 10 nitrogen and oxygen atoms in total. The van der Waals surface area contributed by atoms with Gasteiger partial charge in [-0.1, -0.05) is 54.1 Å². The first-order valence-corrected chi connectivity index (χ1v) is 14.1. The van der Waals surface area contributed by atoms with Gasteiger partial charge in [-0.3, -0.25) is 15.0 Å². The minimum atomic E-state index is -4.14. The van der Waals surface area contributed by atoms with Crippen molar-refractivity contribution in [2.75, 3.05) is 29.7 Å². The zero-order valence-corrected chi connectivity index (χ0v) is 23.5. The van der Waals surface area contributed by atoms with E-state index >= 15 is 0 Å². The molecule has 0 aliphatic heterocycles. The third-order valence-electron chi connectivity index (χ3n) is 6.13. The molecule has 3 N–H and O–H groups in total. The fourth-order valence-electron chi connectivity index (χ4n) is 4.02. The van der Waals surface area contributed by atoms with Gasteiger partial charge in [-0.15, -0.1) is 0 Å². The summed E-state index contributed by atoms with van der Waals surface area (Å²) in [7, 11) is -1.05. The molecule has 0 radical (unpaired) electrons. The second kappa shape index (κ2) is 12.1. The van der Waals surface area contributed by atoms with E-state index in [2.05, 4.69) is 25.5 Å². The first-order chi connectivity index (χ1) is 19.8. The van der Waals surface area contributed by atoms with Gasteiger partial charge in [-0.2, -0.15) is 0 Å². The summed E-state index contributed by atoms with van der Waals surface area (Å²) in [6, 6.07) is 26.7. The molecule has 0 aliphatic rings. The number of benzene rings is 4. The van der Waals surface area contributed by atoms with Crippen LogP contribution in [0, 0.1) is 6.92 Å². The molecule has 0 saturated heterocycles. The van der Waals surface area contributed by atoms with Crippen molar-refractivity contribution in [2.45, 2.75) is 18.4 Å². The van der Waals surface area contributed by atoms with Crippen LogP contribution >= 0.6 is 0 Å². The van der Waals surface area contributed by atoms with E-state index in [1.54, 1.807) is 68.8 Å². The highest BCUT2D eigenvalue weighted by Gasteiger charge is 2.22. The van der Waals surface area contributed by atoms with Gasteiger partial charge in [0.15, 0.2) is 11.6 Å². The van der Waals surface area contributed by atoms with Crippen LogP contribution in [0.4, 0.5) is 23.0 Å². The number of ether oxygens (including phenoxy) is 2. The number of methoxy groups -OCH3 is 2. The highest BCUT2D eigenvalue weighted by Crippen LogP contribution is 2.32. The van der Waals surface area contributed by atoms with Gasteiger partial charge in [-0.05, 0) is 36.8 Å². The molecule has 0 fully saturated rings. The second-order valence-corrected chi connectivity index (χ2v) is 10.8. The molecule has 11 heteroatoms. The smallest absolute Gasteiger partial charge is 0.265 e. The van der Waals surface area contributed by atoms with Crippen LogP contribution in [0.3, 0.4) is 0 Å². The maximum absolute atomic E-state index is 13.7. The molecule has 0 aliphatic carbocycles. The average Bonchev–Trinajstić information content (AvgIpc) is 2.98. The predicted octanol–water partition coefficient (Wildman–Crippen LogP) is 6.04. The van der Waals surface area contributed by atoms with Gasteiger partial charge in [0.1, 0.15) is 16.4 Å². The van der Waals surface area contributed by atoms with E-state index in [9.17, 15) is 8.42 Å². The Balaban J connectivity index is 1.45. The van der Waals surface area contributed by atoms with Crippen molar-refractivity contribution in [1.29, 1.82) is 0 Å². The van der Waals surface area contributed by atoms with Crippen LogP contribution in [0.15, 0.2) is 95.9 Å². The molecule has 41 heavy (non-hydrogen) atoms. The quantitative estimate of drug-likeness (QED) is 0.163. The molecule has 0 unspecified atom stereocenters. The van der Waals surface area contributed by atoms with Crippen LogP contribution in [0.25, 0.3) is 11.0 Å². The first-order valence-electron chi connectivity index (χ1n) is 12.7. The van der Waals surface area contributed by atoms with Crippen molar-refractivity contribution in [3.8, 4) is 11.5 Å². The monoisotopic (exact) mass is 571 g/mol. The fraction of sp³-hybridized carbons (Fsp3) is 0.133. The van der Waals surface area contributed by atoms with E-state index in [0.29, 0.717) is 28.2 Å². The first kappa shape index (κ1) is 27.7. The molecule has 210 valence electrons. The van der Waals surface area contributed by atoms with Gasteiger partial charge in [0.2, 0.25) is 0 Å². The van der Waals surface area contributed by atoms with E-state index in [0.717, 1.165) is 11.1 Å². The van der Waals surface area contributed by atoms with Crippen LogP contribution in [-0.2, 0) is 21.5 Å². The molecular weight excluding hydrogens is 542 g/mol. The lowest BCUT2D eigenvalue weighted by atomic mass is 10.2. The summed E-state index contributed by atoms with van der Waals surface area (Å²) in [6.07, 6.45) is 0. The molecule has 0 amide bonds. The highest BCUT2D eigenvalue weighted by molar-refractivity contribution is 7.92. The molecule has 5 rings (SSSR count). The van der Waals surface area contributed by atoms with Crippen molar-refractivity contribution in [3.63, 3.8) is 0 Å². The minimum Gasteiger partial charge on any atom is -0.497 e. The van der Waals surface area contributed by atoms with Crippen LogP contribution in [0.5, 0.6) is 11.5 Å². The van der Waals surface area contributed by atoms with Gasteiger partial charge < -0.3 is 14.8 Å². The number of fused-ring (bicyclic) bond motifs is 1. The van der Waals surface area contributed by atoms with Crippen molar-refractivity contribution in [2.24, 2.45) is 0 Å². The van der Waals surface area contributed by atoms with Crippen LogP contribution in [-0.4, -0.2) is 32.6 Å². The number of nitrogens with one attached hydrogen (secondary N) is 3. The summed E-state index contributed by atoms with van der Waals surface area (Å²) in [4.78, 5) is 14.8. The minimum absolute atomic E-state index is 0.0147. The lowest BCUT2D eigenvalue weighted by Gasteiger charge is -2.16. The predicted molar refractivity (Wildman–Crippen MR) is 159 cm³/mol. The number of rotatable bonds is 11. The van der Waals surface area contributed by atoms with Crippen molar-refractivity contribution in [1.82, 2.24) is 9.97 Å². The molecule has 1 heterocycles. The van der Waals surface area contributed by atoms with Crippen LogP contribution < -0.4 is 25.0 Å². The maximum Gasteiger partial charge on any atom is 0.265 e. The number of para-hydroxylation sites is 3. The maximum atomic E-state index is 13.7. The molecule has 5 aromatic rings. The molecule has 4 aromatic carbocycles. The van der Waals surface area contributed by atoms with E-state index in [4.69, 9.17) is 14.3 Å². The summed E-state index contributed by atoms with van der Waals surface area (Å²) >= 11 is 0. The molecule has 0 atom stereocenters. The van der Waals surface area contributed by atoms with E-state index in [-0.39, 0.29) is 28.8 Å². The van der Waals surface area contributed by atoms with Gasteiger partial charge in [0.05, 0.1) is 37.5 Å². The van der Waals surface area contributed by atoms with Gasteiger partial charge in [0.25, 0.3) is 10.0 Å². The Morgan fingerprint density at radius 2 is 1.37 bits per heavy atom. The third kappa shape index (κ3) is 6.65. The van der Waals surface area contributed by atoms with Crippen LogP contribution in [0.2, 0.25) is 0 Å². The number of nitrogens with zero attached hydrogens (tertiary/aromatic N) is 2. The Morgan fingerprint density at radius 1 is 0.756 bits per heavy atom. The Bertz CT molecular complexity index is 1760. The summed E-state index contributed by atoms with van der Waals surface area (Å²) < 4.78 is 40.7. The number of hydrogen-bond acceptors (Lipinski definition) is 9. The van der Waals surface area contributed by atoms with E-state index in [1.165, 1.54) is 6.07 Å². The number of hydrogen-bond donors (Lipinski definition) is 3. The van der Waals surface area contributed by atoms with Crippen molar-refractivity contribution < 1.29 is 22.7 Å². The Hall–Kier alpha value is -4.87. The Morgan fingerprint density at radius 3 is 2.02 bits per heavy atom. The topological polar surface area (TPSA) is 124 Å². The summed E-state index contributed by atoms with van der Waals surface area (Å²) in [5, 5.41) is 3.16. The molecule has 0 bridgehead atoms. The third-order valence-corrected chi connectivity index (χ3v) is 7.53. The number of aryl methyl sites for hydroxylation is 1. The summed E-state index contributed by atoms with van der Waals surface area (Å²) in [6.45, 7) is 2.25. The Labute approximate surface area is 238 Å². The second-order valence-electron chi connectivity index (χ2n) is 9.11. The molecule has 0 spiro atoms. The standard InChI is InChI=1S/C30H29N5O5S/c1-20-12-14-21(15-13-20)19-40-34-27-10-6-7-11-28(27)41(36,37)35-30-29(32-25-8-4-5-9-26(25)33-30)31-22-16-23(38-2)18-24(17-22)39-3/h4-18,34H,19H2,1-3H3,(H,31,32)(H,33,35). The lowest BCUT2D eigenvalue weighted by molar-refractivity contribution is 0.179. The average molecular weight is 572 g/mol. The Kier molecular flexibility index (Phi) is 8.18. The zero-order valence-electron chi connectivity index (χ0n) is 22.7. The molecule has 0 saturated carbocycles. The highest BCUT2D eigenvalue weighted by atomic mass is 32.2. The zero-order chi connectivity index (χ0) is 28.8. The fourth-order valence-corrected chi connectivity index (χ4v) is 5.19. The van der Waals surface area contributed by atoms with Crippen molar-refractivity contribution in [3.05, 3.63) is 102 Å². The summed E-state index contributed by atoms with van der Waals surface area (Å²) in [5.74, 6) is 1.31. The largest absolute Gasteiger partial charge is 0.497 e. The number of aromatic nitrogens is 2. The van der Waals surface area contributed by atoms with E-state index in [1.807, 2.05) is 37.3 Å². The van der Waals surface area contributed by atoms with Gasteiger partial charge in [-0.25, -0.2) is 18.4 Å². The van der Waals surface area contributed by atoms with Gasteiger partial charge in [0, 0.05) is 23.9 Å². The van der Waals surface area contributed by atoms with Gasteiger partial charge >= 0.3 is 0 Å². The SMILES string of the molecule is COc1cc(Nc2nc3ccccc3nc2NS(=O)(=O)c2ccccc2NOCc2ccc(C)cc2)cc(OC)c1. The van der Waals surface area contributed by atoms with Crippen LogP contribution in [0.1, 0.15) is 11.1 Å². The number of sulfonamides is 1. The molecular formula is C30H29N5O5S. The number of anilines is 4. The van der Waals surface area contributed by atoms with E-state index < -0.39 is 10.0 Å². The van der Waals surface area contributed by atoms with Crippen molar-refractivity contribution >= 4 is 44.1 Å². The normalized spacial score (nSPS) is 11.2. The lowest BCUT2D eigenvalue weighted by Crippen LogP contribution is -2.18.